The molecule has 0 saturated carbocycles. The smallest absolute Gasteiger partial charge is 0.411 e. The molecular weight excluding hydrogens is 210 g/mol. The lowest BCUT2D eigenvalue weighted by Gasteiger charge is -2.28. The maximum Gasteiger partial charge on any atom is 0.411 e. The van der Waals surface area contributed by atoms with Crippen molar-refractivity contribution >= 4 is 18.7 Å². The lowest BCUT2D eigenvalue weighted by Crippen LogP contribution is -2.45. The van der Waals surface area contributed by atoms with Crippen molar-refractivity contribution in [2.45, 2.75) is 51.3 Å². The Labute approximate surface area is 94.7 Å². The molecule has 2 unspecified atom stereocenters. The van der Waals surface area contributed by atoms with E-state index in [9.17, 15) is 14.4 Å². The third-order valence-electron chi connectivity index (χ3n) is 2.39. The Morgan fingerprint density at radius 3 is 1.94 bits per heavy atom. The predicted molar refractivity (Wildman–Crippen MR) is 57.0 cm³/mol. The van der Waals surface area contributed by atoms with Gasteiger partial charge in [0.25, 0.3) is 0 Å². The van der Waals surface area contributed by atoms with Gasteiger partial charge in [0, 0.05) is 0 Å². The molecule has 0 spiro atoms. The highest BCUT2D eigenvalue weighted by Gasteiger charge is 2.38. The van der Waals surface area contributed by atoms with Gasteiger partial charge in [-0.2, -0.15) is 0 Å². The molecule has 90 valence electrons. The summed E-state index contributed by atoms with van der Waals surface area (Å²) in [5.74, 6) is 0. The number of hydrogen-bond acceptors (Lipinski definition) is 4. The lowest BCUT2D eigenvalue weighted by molar-refractivity contribution is -0.115. The second-order valence-electron chi connectivity index (χ2n) is 4.87. The molecule has 1 aliphatic heterocycles. The van der Waals surface area contributed by atoms with Crippen molar-refractivity contribution in [3.8, 4) is 0 Å². The first-order valence-electron chi connectivity index (χ1n) is 5.31. The number of carbonyl (C=O) groups is 3. The Bertz CT molecular complexity index is 279. The molecule has 1 fully saturated rings. The van der Waals surface area contributed by atoms with E-state index >= 15 is 0 Å². The van der Waals surface area contributed by atoms with Crippen molar-refractivity contribution < 1.29 is 19.1 Å². The van der Waals surface area contributed by atoms with Gasteiger partial charge in [-0.3, -0.25) is 4.90 Å². The normalized spacial score (nSPS) is 25.3. The monoisotopic (exact) mass is 227 g/mol. The molecule has 0 aromatic rings. The molecule has 1 aliphatic rings. The third-order valence-corrected chi connectivity index (χ3v) is 2.39. The maximum atomic E-state index is 11.8. The Hall–Kier alpha value is -1.39. The van der Waals surface area contributed by atoms with Crippen molar-refractivity contribution in [3.05, 3.63) is 0 Å². The number of ether oxygens (including phenoxy) is 1. The number of rotatable bonds is 2. The largest absolute Gasteiger partial charge is 0.444 e. The number of hydrogen-bond donors (Lipinski definition) is 0. The van der Waals surface area contributed by atoms with Crippen LogP contribution in [0.1, 0.15) is 33.6 Å². The van der Waals surface area contributed by atoms with Gasteiger partial charge in [0.05, 0.1) is 12.1 Å². The molecule has 1 amide bonds. The van der Waals surface area contributed by atoms with Crippen LogP contribution in [0.5, 0.6) is 0 Å². The minimum absolute atomic E-state index is 0.520. The Morgan fingerprint density at radius 2 is 1.62 bits per heavy atom. The number of likely N-dealkylation sites (tertiary alicyclic amines) is 1. The zero-order valence-corrected chi connectivity index (χ0v) is 9.80. The van der Waals surface area contributed by atoms with E-state index in [-0.39, 0.29) is 0 Å². The summed E-state index contributed by atoms with van der Waals surface area (Å²) in [5.41, 5.74) is -0.624. The van der Waals surface area contributed by atoms with Crippen LogP contribution in [-0.2, 0) is 14.3 Å². The summed E-state index contributed by atoms with van der Waals surface area (Å²) in [7, 11) is 0. The Balaban J connectivity index is 2.77. The number of carbonyl (C=O) groups excluding carboxylic acids is 3. The molecule has 0 aromatic carbocycles. The average Bonchev–Trinajstić information content (AvgIpc) is 2.57. The molecular formula is C11H17NO4. The van der Waals surface area contributed by atoms with Crippen LogP contribution in [0.25, 0.3) is 0 Å². The van der Waals surface area contributed by atoms with Crippen LogP contribution in [0, 0.1) is 0 Å². The van der Waals surface area contributed by atoms with E-state index in [1.54, 1.807) is 20.8 Å². The summed E-state index contributed by atoms with van der Waals surface area (Å²) in [6.07, 6.45) is 1.82. The maximum absolute atomic E-state index is 11.8. The van der Waals surface area contributed by atoms with Crippen LogP contribution < -0.4 is 0 Å². The van der Waals surface area contributed by atoms with Gasteiger partial charge >= 0.3 is 6.09 Å². The molecule has 1 rings (SSSR count). The van der Waals surface area contributed by atoms with E-state index in [0.717, 1.165) is 0 Å². The lowest BCUT2D eigenvalue weighted by atomic mass is 10.2. The standard InChI is InChI=1S/C11H17NO4/c1-11(2,3)16-10(15)12-8(6-13)4-5-9(12)7-14/h6-9H,4-5H2,1-3H3. The van der Waals surface area contributed by atoms with Crippen LogP contribution in [-0.4, -0.2) is 41.3 Å². The van der Waals surface area contributed by atoms with Crippen LogP contribution in [0.15, 0.2) is 0 Å². The summed E-state index contributed by atoms with van der Waals surface area (Å²) in [4.78, 5) is 34.6. The van der Waals surface area contributed by atoms with Crippen molar-refractivity contribution in [1.29, 1.82) is 0 Å². The molecule has 0 aromatic heterocycles. The average molecular weight is 227 g/mol. The van der Waals surface area contributed by atoms with Crippen LogP contribution >= 0.6 is 0 Å². The van der Waals surface area contributed by atoms with E-state index in [2.05, 4.69) is 0 Å². The van der Waals surface area contributed by atoms with Crippen molar-refractivity contribution in [2.75, 3.05) is 0 Å². The molecule has 1 heterocycles. The zero-order valence-electron chi connectivity index (χ0n) is 9.80. The van der Waals surface area contributed by atoms with Gasteiger partial charge in [0.15, 0.2) is 0 Å². The number of nitrogens with zero attached hydrogens (tertiary/aromatic N) is 1. The first-order chi connectivity index (χ1) is 7.39. The molecule has 0 radical (unpaired) electrons. The molecule has 16 heavy (non-hydrogen) atoms. The number of aldehydes is 2. The van der Waals surface area contributed by atoms with Gasteiger partial charge in [0.1, 0.15) is 18.2 Å². The molecule has 2 atom stereocenters. The van der Waals surface area contributed by atoms with Crippen LogP contribution in [0.2, 0.25) is 0 Å². The third kappa shape index (κ3) is 2.81. The minimum Gasteiger partial charge on any atom is -0.444 e. The zero-order chi connectivity index (χ0) is 12.3. The van der Waals surface area contributed by atoms with Crippen LogP contribution in [0.4, 0.5) is 4.79 Å². The molecule has 0 N–H and O–H groups in total. The Morgan fingerprint density at radius 1 is 1.19 bits per heavy atom. The van der Waals surface area contributed by atoms with E-state index in [1.165, 1.54) is 4.90 Å². The fourth-order valence-corrected chi connectivity index (χ4v) is 1.72. The summed E-state index contributed by atoms with van der Waals surface area (Å²) >= 11 is 0. The molecule has 0 aliphatic carbocycles. The van der Waals surface area contributed by atoms with Gasteiger partial charge in [0.2, 0.25) is 0 Å². The first kappa shape index (κ1) is 12.7. The fourth-order valence-electron chi connectivity index (χ4n) is 1.72. The second kappa shape index (κ2) is 4.63. The molecule has 5 heteroatoms. The summed E-state index contributed by atoms with van der Waals surface area (Å²) in [6.45, 7) is 5.23. The number of amides is 1. The van der Waals surface area contributed by atoms with Gasteiger partial charge < -0.3 is 14.3 Å². The highest BCUT2D eigenvalue weighted by molar-refractivity contribution is 5.79. The van der Waals surface area contributed by atoms with E-state index < -0.39 is 23.8 Å². The van der Waals surface area contributed by atoms with Crippen molar-refractivity contribution in [2.24, 2.45) is 0 Å². The van der Waals surface area contributed by atoms with E-state index in [4.69, 9.17) is 4.74 Å². The molecule has 0 bridgehead atoms. The minimum atomic E-state index is -0.624. The first-order valence-corrected chi connectivity index (χ1v) is 5.31. The fraction of sp³-hybridized carbons (Fsp3) is 0.727. The quantitative estimate of drug-likeness (QED) is 0.664. The molecule has 1 saturated heterocycles. The summed E-state index contributed by atoms with van der Waals surface area (Å²) in [6, 6.07) is -1.07. The Kier molecular flexibility index (Phi) is 3.67. The van der Waals surface area contributed by atoms with Gasteiger partial charge in [-0.15, -0.1) is 0 Å². The van der Waals surface area contributed by atoms with Crippen molar-refractivity contribution in [3.63, 3.8) is 0 Å². The highest BCUT2D eigenvalue weighted by atomic mass is 16.6. The predicted octanol–water partition coefficient (Wildman–Crippen LogP) is 1.15. The highest BCUT2D eigenvalue weighted by Crippen LogP contribution is 2.24. The van der Waals surface area contributed by atoms with Gasteiger partial charge in [-0.1, -0.05) is 0 Å². The van der Waals surface area contributed by atoms with E-state index in [0.29, 0.717) is 25.4 Å². The summed E-state index contributed by atoms with van der Waals surface area (Å²) in [5, 5.41) is 0. The van der Waals surface area contributed by atoms with E-state index in [1.807, 2.05) is 0 Å². The van der Waals surface area contributed by atoms with Crippen molar-refractivity contribution in [1.82, 2.24) is 4.90 Å². The van der Waals surface area contributed by atoms with Gasteiger partial charge in [-0.25, -0.2) is 4.79 Å². The SMILES string of the molecule is CC(C)(C)OC(=O)N1C(C=O)CCC1C=O. The van der Waals surface area contributed by atoms with Crippen LogP contribution in [0.3, 0.4) is 0 Å². The van der Waals surface area contributed by atoms with Gasteiger partial charge in [-0.05, 0) is 33.6 Å². The summed E-state index contributed by atoms with van der Waals surface area (Å²) < 4.78 is 5.16. The molecule has 5 nitrogen and oxygen atoms in total. The second-order valence-corrected chi connectivity index (χ2v) is 4.87. The topological polar surface area (TPSA) is 63.7 Å².